The second-order valence-electron chi connectivity index (χ2n) is 9.12. The van der Waals surface area contributed by atoms with Crippen molar-refractivity contribution in [2.45, 2.75) is 64.0 Å². The Labute approximate surface area is 202 Å². The molecule has 1 unspecified atom stereocenters. The van der Waals surface area contributed by atoms with E-state index in [-0.39, 0.29) is 0 Å². The Bertz CT molecular complexity index is 954. The molecule has 1 fully saturated rings. The average Bonchev–Trinajstić information content (AvgIpc) is 2.85. The zero-order chi connectivity index (χ0) is 24.3. The lowest BCUT2D eigenvalue weighted by Crippen LogP contribution is -2.44. The summed E-state index contributed by atoms with van der Waals surface area (Å²) in [4.78, 5) is 17.9. The molecule has 186 valence electrons. The largest absolute Gasteiger partial charge is 0.481 e. The minimum atomic E-state index is -1.01. The third-order valence-electron chi connectivity index (χ3n) is 6.60. The number of aliphatic carboxylic acids is 1. The molecule has 0 spiro atoms. The molecule has 0 aliphatic carbocycles. The van der Waals surface area contributed by atoms with Crippen LogP contribution in [0.2, 0.25) is 0 Å². The number of fused-ring (bicyclic) bond motifs is 1. The Morgan fingerprint density at radius 3 is 2.68 bits per heavy atom. The zero-order valence-corrected chi connectivity index (χ0v) is 20.5. The monoisotopic (exact) mass is 469 g/mol. The molecule has 0 bridgehead atoms. The smallest absolute Gasteiger partial charge is 0.328 e. The lowest BCUT2D eigenvalue weighted by atomic mass is 9.98. The van der Waals surface area contributed by atoms with Gasteiger partial charge in [0, 0.05) is 35.7 Å². The maximum absolute atomic E-state index is 11.1. The molecule has 3 N–H and O–H groups in total. The SMILES string of the molecule is CCCCCCCNC1CCN(CC(O)c2ccc(/C=C/C(=O)O)c3ccc(OC)nc23)CC1. The Morgan fingerprint density at radius 2 is 1.97 bits per heavy atom. The molecule has 3 rings (SSSR count). The van der Waals surface area contributed by atoms with Gasteiger partial charge in [-0.2, -0.15) is 0 Å². The first-order valence-corrected chi connectivity index (χ1v) is 12.5. The molecule has 34 heavy (non-hydrogen) atoms. The van der Waals surface area contributed by atoms with Crippen molar-refractivity contribution in [1.29, 1.82) is 0 Å². The van der Waals surface area contributed by atoms with Crippen molar-refractivity contribution in [2.75, 3.05) is 33.3 Å². The van der Waals surface area contributed by atoms with Gasteiger partial charge in [0.05, 0.1) is 18.7 Å². The summed E-state index contributed by atoms with van der Waals surface area (Å²) < 4.78 is 5.29. The van der Waals surface area contributed by atoms with Crippen molar-refractivity contribution in [2.24, 2.45) is 0 Å². The van der Waals surface area contributed by atoms with E-state index < -0.39 is 12.1 Å². The first-order chi connectivity index (χ1) is 16.5. The third-order valence-corrected chi connectivity index (χ3v) is 6.60. The van der Waals surface area contributed by atoms with Crippen LogP contribution < -0.4 is 10.1 Å². The maximum atomic E-state index is 11.1. The summed E-state index contributed by atoms with van der Waals surface area (Å²) in [7, 11) is 1.56. The number of ether oxygens (including phenoxy) is 1. The molecule has 1 aromatic carbocycles. The number of hydrogen-bond acceptors (Lipinski definition) is 6. The van der Waals surface area contributed by atoms with Crippen LogP contribution in [0.5, 0.6) is 5.88 Å². The van der Waals surface area contributed by atoms with E-state index >= 15 is 0 Å². The Hall–Kier alpha value is -2.48. The normalized spacial score (nSPS) is 16.3. The second-order valence-corrected chi connectivity index (χ2v) is 9.12. The molecule has 2 aromatic rings. The summed E-state index contributed by atoms with van der Waals surface area (Å²) in [5, 5.41) is 24.6. The number of aromatic nitrogens is 1. The van der Waals surface area contributed by atoms with Crippen LogP contribution in [0.3, 0.4) is 0 Å². The first kappa shape index (κ1) is 26.1. The summed E-state index contributed by atoms with van der Waals surface area (Å²) in [5.74, 6) is -0.546. The molecule has 0 amide bonds. The molecule has 1 atom stereocenters. The molecule has 1 aliphatic heterocycles. The summed E-state index contributed by atoms with van der Waals surface area (Å²) in [6.45, 7) is 5.80. The minimum absolute atomic E-state index is 0.460. The Morgan fingerprint density at radius 1 is 1.21 bits per heavy atom. The minimum Gasteiger partial charge on any atom is -0.481 e. The Balaban J connectivity index is 1.60. The van der Waals surface area contributed by atoms with Crippen LogP contribution in [0.1, 0.15) is 69.1 Å². The number of likely N-dealkylation sites (tertiary alicyclic amines) is 1. The highest BCUT2D eigenvalue weighted by molar-refractivity contribution is 5.94. The Kier molecular flexibility index (Phi) is 10.3. The number of methoxy groups -OCH3 is 1. The van der Waals surface area contributed by atoms with Crippen molar-refractivity contribution in [3.05, 3.63) is 41.5 Å². The van der Waals surface area contributed by atoms with Gasteiger partial charge in [-0.05, 0) is 56.6 Å². The number of unbranched alkanes of at least 4 members (excludes halogenated alkanes) is 4. The van der Waals surface area contributed by atoms with Gasteiger partial charge in [0.25, 0.3) is 0 Å². The molecule has 1 aliphatic rings. The standard InChI is InChI=1S/C27H39N3O4/c1-3-4-5-6-7-16-28-21-14-17-30(18-15-21)19-24(31)23-10-8-20(9-13-26(32)33)22-11-12-25(34-2)29-27(22)23/h8-13,21,24,28,31H,3-7,14-19H2,1-2H3,(H,32,33)/b13-9+. The number of rotatable bonds is 13. The predicted molar refractivity (Wildman–Crippen MR) is 136 cm³/mol. The quantitative estimate of drug-likeness (QED) is 0.296. The van der Waals surface area contributed by atoms with Crippen molar-refractivity contribution in [3.63, 3.8) is 0 Å². The van der Waals surface area contributed by atoms with Crippen molar-refractivity contribution in [1.82, 2.24) is 15.2 Å². The highest BCUT2D eigenvalue weighted by Crippen LogP contribution is 2.29. The van der Waals surface area contributed by atoms with Crippen LogP contribution in [-0.4, -0.2) is 65.4 Å². The predicted octanol–water partition coefficient (Wildman–Crippen LogP) is 4.40. The van der Waals surface area contributed by atoms with Gasteiger partial charge in [-0.15, -0.1) is 0 Å². The number of carbonyl (C=O) groups is 1. The summed E-state index contributed by atoms with van der Waals surface area (Å²) in [6, 6.07) is 7.85. The highest BCUT2D eigenvalue weighted by Gasteiger charge is 2.23. The van der Waals surface area contributed by atoms with Gasteiger partial charge < -0.3 is 25.2 Å². The van der Waals surface area contributed by atoms with E-state index in [0.29, 0.717) is 24.0 Å². The van der Waals surface area contributed by atoms with E-state index in [1.807, 2.05) is 18.2 Å². The number of aliphatic hydroxyl groups excluding tert-OH is 1. The number of nitrogens with zero attached hydrogens (tertiary/aromatic N) is 2. The van der Waals surface area contributed by atoms with Gasteiger partial charge in [-0.3, -0.25) is 0 Å². The molecule has 7 nitrogen and oxygen atoms in total. The lowest BCUT2D eigenvalue weighted by Gasteiger charge is -2.33. The molecule has 1 saturated heterocycles. The van der Waals surface area contributed by atoms with Crippen LogP contribution in [-0.2, 0) is 4.79 Å². The molecule has 0 radical (unpaired) electrons. The van der Waals surface area contributed by atoms with E-state index in [1.54, 1.807) is 19.3 Å². The summed E-state index contributed by atoms with van der Waals surface area (Å²) in [6.07, 6.45) is 10.7. The fourth-order valence-corrected chi connectivity index (χ4v) is 4.63. The number of benzene rings is 1. The molecule has 7 heteroatoms. The van der Waals surface area contributed by atoms with Crippen LogP contribution in [0.4, 0.5) is 0 Å². The zero-order valence-electron chi connectivity index (χ0n) is 20.5. The lowest BCUT2D eigenvalue weighted by molar-refractivity contribution is -0.131. The van der Waals surface area contributed by atoms with Gasteiger partial charge in [-0.25, -0.2) is 9.78 Å². The van der Waals surface area contributed by atoms with E-state index in [0.717, 1.165) is 55.1 Å². The number of carboxylic acids is 1. The van der Waals surface area contributed by atoms with Crippen LogP contribution in [0.25, 0.3) is 17.0 Å². The summed E-state index contributed by atoms with van der Waals surface area (Å²) >= 11 is 0. The van der Waals surface area contributed by atoms with E-state index in [4.69, 9.17) is 9.84 Å². The van der Waals surface area contributed by atoms with Gasteiger partial charge in [0.2, 0.25) is 5.88 Å². The fraction of sp³-hybridized carbons (Fsp3) is 0.556. The number of β-amino-alcohol motifs (C(OH)–C–C–N with tert-alkyl or cyclic N) is 1. The molecule has 2 heterocycles. The number of aliphatic hydroxyl groups is 1. The van der Waals surface area contributed by atoms with E-state index in [1.165, 1.54) is 32.1 Å². The van der Waals surface area contributed by atoms with Gasteiger partial charge >= 0.3 is 5.97 Å². The van der Waals surface area contributed by atoms with Crippen molar-refractivity contribution < 1.29 is 19.7 Å². The number of nitrogens with one attached hydrogen (secondary N) is 1. The number of pyridine rings is 1. The second kappa shape index (κ2) is 13.4. The summed E-state index contributed by atoms with van der Waals surface area (Å²) in [5.41, 5.74) is 2.11. The average molecular weight is 470 g/mol. The molecule has 0 saturated carbocycles. The first-order valence-electron chi connectivity index (χ1n) is 12.5. The topological polar surface area (TPSA) is 94.9 Å². The number of carboxylic acid groups (broad SMARTS) is 1. The van der Waals surface area contributed by atoms with Crippen LogP contribution >= 0.6 is 0 Å². The van der Waals surface area contributed by atoms with Crippen LogP contribution in [0.15, 0.2) is 30.3 Å². The van der Waals surface area contributed by atoms with Gasteiger partial charge in [0.1, 0.15) is 0 Å². The fourth-order valence-electron chi connectivity index (χ4n) is 4.63. The maximum Gasteiger partial charge on any atom is 0.328 e. The molecule has 1 aromatic heterocycles. The van der Waals surface area contributed by atoms with E-state index in [9.17, 15) is 9.90 Å². The third kappa shape index (κ3) is 7.52. The van der Waals surface area contributed by atoms with E-state index in [2.05, 4.69) is 22.1 Å². The number of hydrogen-bond donors (Lipinski definition) is 3. The highest BCUT2D eigenvalue weighted by atomic mass is 16.5. The number of piperidine rings is 1. The molecular formula is C27H39N3O4. The van der Waals surface area contributed by atoms with Crippen LogP contribution in [0, 0.1) is 0 Å². The van der Waals surface area contributed by atoms with Crippen molar-refractivity contribution in [3.8, 4) is 5.88 Å². The van der Waals surface area contributed by atoms with Gasteiger partial charge in [-0.1, -0.05) is 44.7 Å². The van der Waals surface area contributed by atoms with Crippen molar-refractivity contribution >= 4 is 22.9 Å². The molecular weight excluding hydrogens is 430 g/mol. The van der Waals surface area contributed by atoms with Gasteiger partial charge in [0.15, 0.2) is 0 Å².